The number of hydrogen-bond donors (Lipinski definition) is 2. The van der Waals surface area contributed by atoms with E-state index in [9.17, 15) is 4.79 Å². The molecule has 8 heteroatoms. The normalized spacial score (nSPS) is 11.9. The van der Waals surface area contributed by atoms with Gasteiger partial charge in [-0.1, -0.05) is 36.0 Å². The number of H-pyrrole nitrogens is 1. The Morgan fingerprint density at radius 1 is 1.36 bits per heavy atom. The van der Waals surface area contributed by atoms with Crippen molar-refractivity contribution in [3.8, 4) is 16.5 Å². The van der Waals surface area contributed by atoms with Crippen molar-refractivity contribution < 1.29 is 9.53 Å². The predicted molar refractivity (Wildman–Crippen MR) is 99.9 cm³/mol. The summed E-state index contributed by atoms with van der Waals surface area (Å²) in [7, 11) is 1.62. The molecule has 3 rings (SSSR count). The van der Waals surface area contributed by atoms with Crippen molar-refractivity contribution >= 4 is 29.0 Å². The van der Waals surface area contributed by atoms with E-state index in [-0.39, 0.29) is 11.2 Å². The number of thioether (sulfide) groups is 1. The van der Waals surface area contributed by atoms with E-state index < -0.39 is 0 Å². The first-order valence-electron chi connectivity index (χ1n) is 7.70. The number of amides is 1. The number of benzene rings is 1. The highest BCUT2D eigenvalue weighted by molar-refractivity contribution is 8.00. The van der Waals surface area contributed by atoms with Crippen LogP contribution >= 0.6 is 23.1 Å². The Morgan fingerprint density at radius 3 is 2.96 bits per heavy atom. The van der Waals surface area contributed by atoms with Crippen LogP contribution in [0.1, 0.15) is 12.5 Å². The molecule has 2 heterocycles. The van der Waals surface area contributed by atoms with Crippen LogP contribution in [0, 0.1) is 0 Å². The molecule has 130 valence electrons. The lowest BCUT2D eigenvalue weighted by Crippen LogP contribution is -2.30. The van der Waals surface area contributed by atoms with Crippen LogP contribution in [0.25, 0.3) is 10.7 Å². The van der Waals surface area contributed by atoms with Gasteiger partial charge in [0, 0.05) is 12.1 Å². The van der Waals surface area contributed by atoms with Crippen molar-refractivity contribution in [2.75, 3.05) is 7.11 Å². The van der Waals surface area contributed by atoms with Crippen molar-refractivity contribution in [3.05, 3.63) is 47.3 Å². The summed E-state index contributed by atoms with van der Waals surface area (Å²) in [6.07, 6.45) is 0. The lowest BCUT2D eigenvalue weighted by Gasteiger charge is -2.12. The minimum absolute atomic E-state index is 0.0709. The van der Waals surface area contributed by atoms with Gasteiger partial charge >= 0.3 is 0 Å². The number of carbonyl (C=O) groups is 1. The van der Waals surface area contributed by atoms with Crippen LogP contribution in [-0.2, 0) is 11.3 Å². The molecule has 0 bridgehead atoms. The fourth-order valence-corrected chi connectivity index (χ4v) is 3.62. The van der Waals surface area contributed by atoms with Gasteiger partial charge in [0.2, 0.25) is 11.1 Å². The largest absolute Gasteiger partial charge is 0.496 e. The van der Waals surface area contributed by atoms with Gasteiger partial charge < -0.3 is 10.1 Å². The Bertz CT molecular complexity index is 833. The molecule has 0 fully saturated rings. The first kappa shape index (κ1) is 17.5. The maximum absolute atomic E-state index is 12.3. The molecule has 0 saturated heterocycles. The van der Waals surface area contributed by atoms with Gasteiger partial charge in [-0.3, -0.25) is 9.89 Å². The van der Waals surface area contributed by atoms with E-state index >= 15 is 0 Å². The molecule has 0 aliphatic rings. The number of hydrogen-bond acceptors (Lipinski definition) is 6. The number of rotatable bonds is 7. The number of aromatic amines is 1. The lowest BCUT2D eigenvalue weighted by molar-refractivity contribution is -0.120. The van der Waals surface area contributed by atoms with Crippen LogP contribution in [0.5, 0.6) is 5.75 Å². The summed E-state index contributed by atoms with van der Waals surface area (Å²) in [6, 6.07) is 11.6. The van der Waals surface area contributed by atoms with Gasteiger partial charge in [0.1, 0.15) is 5.75 Å². The van der Waals surface area contributed by atoms with Crippen molar-refractivity contribution in [2.24, 2.45) is 0 Å². The number of ether oxygens (including phenoxy) is 1. The van der Waals surface area contributed by atoms with E-state index in [1.54, 1.807) is 18.4 Å². The van der Waals surface area contributed by atoms with E-state index in [0.29, 0.717) is 11.7 Å². The van der Waals surface area contributed by atoms with Crippen molar-refractivity contribution in [1.29, 1.82) is 0 Å². The van der Waals surface area contributed by atoms with E-state index in [2.05, 4.69) is 20.5 Å². The van der Waals surface area contributed by atoms with Gasteiger partial charge in [0.25, 0.3) is 0 Å². The zero-order chi connectivity index (χ0) is 17.6. The summed E-state index contributed by atoms with van der Waals surface area (Å²) in [5, 5.41) is 12.2. The van der Waals surface area contributed by atoms with Crippen LogP contribution < -0.4 is 10.1 Å². The van der Waals surface area contributed by atoms with E-state index in [0.717, 1.165) is 22.0 Å². The zero-order valence-corrected chi connectivity index (χ0v) is 15.5. The summed E-state index contributed by atoms with van der Waals surface area (Å²) in [6.45, 7) is 2.26. The van der Waals surface area contributed by atoms with E-state index in [4.69, 9.17) is 4.74 Å². The molecule has 6 nitrogen and oxygen atoms in total. The fraction of sp³-hybridized carbons (Fsp3) is 0.235. The molecule has 3 aromatic rings. The second kappa shape index (κ2) is 8.17. The Balaban J connectivity index is 1.56. The highest BCUT2D eigenvalue weighted by Crippen LogP contribution is 2.25. The highest BCUT2D eigenvalue weighted by atomic mass is 32.2. The first-order chi connectivity index (χ1) is 12.2. The highest BCUT2D eigenvalue weighted by Gasteiger charge is 2.18. The third-order valence-corrected chi connectivity index (χ3v) is 5.35. The average molecular weight is 374 g/mol. The Morgan fingerprint density at radius 2 is 2.20 bits per heavy atom. The number of para-hydroxylation sites is 1. The molecule has 2 N–H and O–H groups in total. The smallest absolute Gasteiger partial charge is 0.233 e. The molecular formula is C17H18N4O2S2. The van der Waals surface area contributed by atoms with Gasteiger partial charge in [-0.2, -0.15) is 0 Å². The number of methoxy groups -OCH3 is 1. The Hall–Kier alpha value is -2.32. The second-order valence-electron chi connectivity index (χ2n) is 5.23. The molecular weight excluding hydrogens is 356 g/mol. The summed E-state index contributed by atoms with van der Waals surface area (Å²) in [5.41, 5.74) is 0.938. The van der Waals surface area contributed by atoms with Crippen LogP contribution in [0.3, 0.4) is 0 Å². The minimum atomic E-state index is -0.304. The molecule has 2 aromatic heterocycles. The van der Waals surface area contributed by atoms with E-state index in [1.807, 2.05) is 48.7 Å². The summed E-state index contributed by atoms with van der Waals surface area (Å²) >= 11 is 2.91. The fourth-order valence-electron chi connectivity index (χ4n) is 2.21. The van der Waals surface area contributed by atoms with Crippen LogP contribution in [0.2, 0.25) is 0 Å². The Kier molecular flexibility index (Phi) is 5.72. The van der Waals surface area contributed by atoms with Crippen LogP contribution in [-0.4, -0.2) is 33.4 Å². The van der Waals surface area contributed by atoms with Gasteiger partial charge in [-0.15, -0.1) is 16.4 Å². The molecule has 0 spiro atoms. The first-order valence-corrected chi connectivity index (χ1v) is 9.46. The Labute approximate surface area is 154 Å². The number of thiophene rings is 1. The SMILES string of the molecule is COc1ccccc1CNC(=O)[C@H](C)Sc1n[nH]c(-c2cccs2)n1. The number of nitrogens with one attached hydrogen (secondary N) is 2. The molecule has 0 saturated carbocycles. The average Bonchev–Trinajstić information content (AvgIpc) is 3.31. The molecule has 0 unspecified atom stereocenters. The molecule has 0 aliphatic heterocycles. The molecule has 0 radical (unpaired) electrons. The lowest BCUT2D eigenvalue weighted by atomic mass is 10.2. The van der Waals surface area contributed by atoms with Crippen molar-refractivity contribution in [2.45, 2.75) is 23.9 Å². The van der Waals surface area contributed by atoms with Gasteiger partial charge in [-0.05, 0) is 24.4 Å². The molecule has 0 aliphatic carbocycles. The molecule has 1 aromatic carbocycles. The third-order valence-electron chi connectivity index (χ3n) is 3.52. The quantitative estimate of drug-likeness (QED) is 0.620. The topological polar surface area (TPSA) is 79.9 Å². The third kappa shape index (κ3) is 4.40. The predicted octanol–water partition coefficient (Wildman–Crippen LogP) is 3.34. The van der Waals surface area contributed by atoms with Crippen LogP contribution in [0.15, 0.2) is 46.9 Å². The van der Waals surface area contributed by atoms with E-state index in [1.165, 1.54) is 11.8 Å². The van der Waals surface area contributed by atoms with Gasteiger partial charge in [0.05, 0.1) is 17.2 Å². The number of carbonyl (C=O) groups excluding carboxylic acids is 1. The standard InChI is InChI=1S/C17H18N4O2S2/c1-11(16(22)18-10-12-6-3-4-7-13(12)23-2)25-17-19-15(20-21-17)14-8-5-9-24-14/h3-9,11H,10H2,1-2H3,(H,18,22)(H,19,20,21)/t11-/m0/s1. The molecule has 25 heavy (non-hydrogen) atoms. The minimum Gasteiger partial charge on any atom is -0.496 e. The summed E-state index contributed by atoms with van der Waals surface area (Å²) in [5.74, 6) is 1.41. The van der Waals surface area contributed by atoms with Crippen molar-refractivity contribution in [3.63, 3.8) is 0 Å². The molecule has 1 amide bonds. The molecule has 1 atom stereocenters. The maximum Gasteiger partial charge on any atom is 0.233 e. The summed E-state index contributed by atoms with van der Waals surface area (Å²) in [4.78, 5) is 17.8. The van der Waals surface area contributed by atoms with Crippen LogP contribution in [0.4, 0.5) is 0 Å². The number of aromatic nitrogens is 3. The maximum atomic E-state index is 12.3. The van der Waals surface area contributed by atoms with Gasteiger partial charge in [-0.25, -0.2) is 4.98 Å². The van der Waals surface area contributed by atoms with Gasteiger partial charge in [0.15, 0.2) is 5.82 Å². The summed E-state index contributed by atoms with van der Waals surface area (Å²) < 4.78 is 5.29. The zero-order valence-electron chi connectivity index (χ0n) is 13.9. The monoisotopic (exact) mass is 374 g/mol. The second-order valence-corrected chi connectivity index (χ2v) is 7.49. The van der Waals surface area contributed by atoms with Crippen molar-refractivity contribution in [1.82, 2.24) is 20.5 Å². The number of nitrogens with zero attached hydrogens (tertiary/aromatic N) is 2.